The van der Waals surface area contributed by atoms with Gasteiger partial charge in [0.15, 0.2) is 0 Å². The molecule has 0 bridgehead atoms. The number of rotatable bonds is 9. The average molecular weight is 305 g/mol. The minimum absolute atomic E-state index is 0.363. The highest BCUT2D eigenvalue weighted by Gasteiger charge is 2.15. The summed E-state index contributed by atoms with van der Waals surface area (Å²) >= 11 is 1.46. The van der Waals surface area contributed by atoms with Crippen LogP contribution in [-0.2, 0) is 16.6 Å². The van der Waals surface area contributed by atoms with E-state index in [0.717, 1.165) is 24.5 Å². The third-order valence-electron chi connectivity index (χ3n) is 2.91. The van der Waals surface area contributed by atoms with E-state index in [4.69, 9.17) is 0 Å². The summed E-state index contributed by atoms with van der Waals surface area (Å²) in [7, 11) is -1.52. The molecule has 0 unspecified atom stereocenters. The second-order valence-electron chi connectivity index (χ2n) is 4.20. The van der Waals surface area contributed by atoms with Crippen LogP contribution in [0, 0.1) is 0 Å². The van der Waals surface area contributed by atoms with Crippen molar-refractivity contribution in [1.29, 1.82) is 0 Å². The van der Waals surface area contributed by atoms with Gasteiger partial charge in [0.1, 0.15) is 0 Å². The molecule has 5 nitrogen and oxygen atoms in total. The zero-order valence-electron chi connectivity index (χ0n) is 11.8. The molecular formula is C12H23N3O2S2. The molecule has 1 rings (SSSR count). The van der Waals surface area contributed by atoms with Crippen molar-refractivity contribution in [3.05, 3.63) is 16.3 Å². The van der Waals surface area contributed by atoms with Gasteiger partial charge in [-0.3, -0.25) is 0 Å². The Kier molecular flexibility index (Phi) is 6.95. The maximum absolute atomic E-state index is 12.1. The summed E-state index contributed by atoms with van der Waals surface area (Å²) in [5.74, 6) is 0. The fraction of sp³-hybridized carbons (Fsp3) is 0.667. The van der Waals surface area contributed by atoms with Crippen molar-refractivity contribution in [2.45, 2.75) is 25.3 Å². The zero-order valence-corrected chi connectivity index (χ0v) is 13.4. The van der Waals surface area contributed by atoms with Crippen LogP contribution in [0.5, 0.6) is 0 Å². The molecule has 2 N–H and O–H groups in total. The van der Waals surface area contributed by atoms with Crippen molar-refractivity contribution in [2.24, 2.45) is 0 Å². The van der Waals surface area contributed by atoms with Gasteiger partial charge in [-0.1, -0.05) is 13.8 Å². The first-order valence-electron chi connectivity index (χ1n) is 6.47. The van der Waals surface area contributed by atoms with Gasteiger partial charge < -0.3 is 10.2 Å². The number of nitrogens with one attached hydrogen (secondary N) is 2. The Hall–Kier alpha value is -0.470. The van der Waals surface area contributed by atoms with E-state index in [1.165, 1.54) is 11.3 Å². The normalized spacial score (nSPS) is 12.2. The van der Waals surface area contributed by atoms with E-state index in [9.17, 15) is 8.42 Å². The van der Waals surface area contributed by atoms with E-state index >= 15 is 0 Å². The summed E-state index contributed by atoms with van der Waals surface area (Å²) in [6.45, 7) is 7.88. The van der Waals surface area contributed by atoms with Crippen molar-refractivity contribution >= 4 is 21.4 Å². The molecular weight excluding hydrogens is 282 g/mol. The topological polar surface area (TPSA) is 61.4 Å². The van der Waals surface area contributed by atoms with Gasteiger partial charge in [0.2, 0.25) is 10.0 Å². The molecule has 0 aliphatic rings. The van der Waals surface area contributed by atoms with Crippen molar-refractivity contribution in [2.75, 3.05) is 33.2 Å². The van der Waals surface area contributed by atoms with Gasteiger partial charge in [0.25, 0.3) is 0 Å². The molecule has 0 aromatic carbocycles. The molecule has 0 aliphatic carbocycles. The van der Waals surface area contributed by atoms with Crippen LogP contribution in [0.15, 0.2) is 16.3 Å². The third kappa shape index (κ3) is 5.19. The Bertz CT molecular complexity index is 467. The van der Waals surface area contributed by atoms with Crippen molar-refractivity contribution in [1.82, 2.24) is 14.9 Å². The Morgan fingerprint density at radius 2 is 2.00 bits per heavy atom. The molecule has 1 aromatic rings. The van der Waals surface area contributed by atoms with Crippen LogP contribution in [-0.4, -0.2) is 46.5 Å². The Labute approximate surface area is 120 Å². The quantitative estimate of drug-likeness (QED) is 0.717. The number of sulfonamides is 1. The number of nitrogens with zero attached hydrogens (tertiary/aromatic N) is 1. The molecule has 7 heteroatoms. The first kappa shape index (κ1) is 16.6. The van der Waals surface area contributed by atoms with Crippen molar-refractivity contribution in [3.63, 3.8) is 0 Å². The first-order valence-corrected chi connectivity index (χ1v) is 8.83. The van der Waals surface area contributed by atoms with E-state index in [-0.39, 0.29) is 0 Å². The molecule has 0 amide bonds. The molecule has 1 aromatic heterocycles. The SMILES string of the molecule is CCN(CC)CCNS(=O)(=O)c1csc(CNC)c1. The Morgan fingerprint density at radius 3 is 2.58 bits per heavy atom. The highest BCUT2D eigenvalue weighted by atomic mass is 32.2. The molecule has 110 valence electrons. The fourth-order valence-electron chi connectivity index (χ4n) is 1.73. The van der Waals surface area contributed by atoms with E-state index in [1.807, 2.05) is 7.05 Å². The van der Waals surface area contributed by atoms with Gasteiger partial charge in [-0.15, -0.1) is 11.3 Å². The van der Waals surface area contributed by atoms with Crippen LogP contribution in [0.1, 0.15) is 18.7 Å². The lowest BCUT2D eigenvalue weighted by molar-refractivity contribution is 0.309. The predicted octanol–water partition coefficient (Wildman–Crippen LogP) is 1.09. The predicted molar refractivity (Wildman–Crippen MR) is 80.1 cm³/mol. The highest BCUT2D eigenvalue weighted by molar-refractivity contribution is 7.89. The number of thiophene rings is 1. The second-order valence-corrected chi connectivity index (χ2v) is 6.97. The summed E-state index contributed by atoms with van der Waals surface area (Å²) in [6.07, 6.45) is 0. The van der Waals surface area contributed by atoms with Gasteiger partial charge in [-0.2, -0.15) is 0 Å². The first-order chi connectivity index (χ1) is 9.03. The number of likely N-dealkylation sites (N-methyl/N-ethyl adjacent to an activating group) is 1. The summed E-state index contributed by atoms with van der Waals surface area (Å²) in [5.41, 5.74) is 0. The van der Waals surface area contributed by atoms with Crippen LogP contribution < -0.4 is 10.0 Å². The van der Waals surface area contributed by atoms with E-state index in [1.54, 1.807) is 11.4 Å². The Balaban J connectivity index is 2.55. The lowest BCUT2D eigenvalue weighted by Gasteiger charge is -2.17. The second kappa shape index (κ2) is 7.96. The van der Waals surface area contributed by atoms with Gasteiger partial charge in [0, 0.05) is 29.9 Å². The lowest BCUT2D eigenvalue weighted by atomic mass is 10.5. The fourth-order valence-corrected chi connectivity index (χ4v) is 4.04. The Morgan fingerprint density at radius 1 is 1.32 bits per heavy atom. The van der Waals surface area contributed by atoms with Crippen LogP contribution in [0.2, 0.25) is 0 Å². The molecule has 0 fully saturated rings. The molecule has 0 radical (unpaired) electrons. The summed E-state index contributed by atoms with van der Waals surface area (Å²) < 4.78 is 26.8. The van der Waals surface area contributed by atoms with E-state index in [0.29, 0.717) is 18.0 Å². The molecule has 0 saturated carbocycles. The zero-order chi connectivity index (χ0) is 14.3. The smallest absolute Gasteiger partial charge is 0.241 e. The van der Waals surface area contributed by atoms with Gasteiger partial charge in [0.05, 0.1) is 4.90 Å². The maximum Gasteiger partial charge on any atom is 0.241 e. The van der Waals surface area contributed by atoms with Crippen LogP contribution in [0.3, 0.4) is 0 Å². The third-order valence-corrected chi connectivity index (χ3v) is 5.43. The summed E-state index contributed by atoms with van der Waals surface area (Å²) in [5, 5.41) is 4.70. The molecule has 1 heterocycles. The number of hydrogen-bond acceptors (Lipinski definition) is 5. The van der Waals surface area contributed by atoms with E-state index < -0.39 is 10.0 Å². The monoisotopic (exact) mass is 305 g/mol. The molecule has 0 atom stereocenters. The summed E-state index contributed by atoms with van der Waals surface area (Å²) in [6, 6.07) is 1.72. The summed E-state index contributed by atoms with van der Waals surface area (Å²) in [4.78, 5) is 3.57. The maximum atomic E-state index is 12.1. The molecule has 0 spiro atoms. The minimum Gasteiger partial charge on any atom is -0.315 e. The van der Waals surface area contributed by atoms with Crippen LogP contribution >= 0.6 is 11.3 Å². The average Bonchev–Trinajstić information content (AvgIpc) is 2.84. The number of hydrogen-bond donors (Lipinski definition) is 2. The van der Waals surface area contributed by atoms with E-state index in [2.05, 4.69) is 28.8 Å². The molecule has 19 heavy (non-hydrogen) atoms. The minimum atomic E-state index is -3.36. The van der Waals surface area contributed by atoms with Gasteiger partial charge in [-0.25, -0.2) is 13.1 Å². The molecule has 0 aliphatic heterocycles. The highest BCUT2D eigenvalue weighted by Crippen LogP contribution is 2.18. The van der Waals surface area contributed by atoms with Gasteiger partial charge >= 0.3 is 0 Å². The molecule has 0 saturated heterocycles. The lowest BCUT2D eigenvalue weighted by Crippen LogP contribution is -2.34. The van der Waals surface area contributed by atoms with Gasteiger partial charge in [-0.05, 0) is 26.2 Å². The largest absolute Gasteiger partial charge is 0.315 e. The standard InChI is InChI=1S/C12H23N3O2S2/c1-4-15(5-2)7-6-14-19(16,17)12-8-11(9-13-3)18-10-12/h8,10,13-14H,4-7,9H2,1-3H3. The van der Waals surface area contributed by atoms with Crippen molar-refractivity contribution < 1.29 is 8.42 Å². The van der Waals surface area contributed by atoms with Crippen LogP contribution in [0.4, 0.5) is 0 Å². The van der Waals surface area contributed by atoms with Crippen LogP contribution in [0.25, 0.3) is 0 Å². The van der Waals surface area contributed by atoms with Crippen molar-refractivity contribution in [3.8, 4) is 0 Å².